The van der Waals surface area contributed by atoms with Crippen LogP contribution in [0.2, 0.25) is 0 Å². The van der Waals surface area contributed by atoms with Crippen LogP contribution in [0.5, 0.6) is 0 Å². The largest absolute Gasteiger partial charge is 0.298 e. The summed E-state index contributed by atoms with van der Waals surface area (Å²) in [7, 11) is 0. The molecule has 66 valence electrons. The summed E-state index contributed by atoms with van der Waals surface area (Å²) in [6, 6.07) is 3.85. The lowest BCUT2D eigenvalue weighted by Gasteiger charge is -2.02. The molecule has 0 amide bonds. The Balaban J connectivity index is 2.95. The van der Waals surface area contributed by atoms with Crippen LogP contribution in [0, 0.1) is 6.92 Å². The number of hydrogen-bond donors (Lipinski definition) is 1. The van der Waals surface area contributed by atoms with E-state index in [1.165, 1.54) is 0 Å². The SMILES string of the molecule is Cc1c(S)cc(C=O)c2sccc12. The van der Waals surface area contributed by atoms with Crippen LogP contribution in [-0.2, 0) is 0 Å². The van der Waals surface area contributed by atoms with Crippen molar-refractivity contribution in [2.24, 2.45) is 0 Å². The molecule has 0 saturated heterocycles. The van der Waals surface area contributed by atoms with Gasteiger partial charge in [-0.25, -0.2) is 0 Å². The van der Waals surface area contributed by atoms with Crippen LogP contribution in [0.25, 0.3) is 10.1 Å². The Hall–Kier alpha value is -0.800. The van der Waals surface area contributed by atoms with Crippen molar-refractivity contribution < 1.29 is 4.79 Å². The molecule has 2 aromatic rings. The minimum Gasteiger partial charge on any atom is -0.298 e. The molecular weight excluding hydrogens is 200 g/mol. The fourth-order valence-electron chi connectivity index (χ4n) is 1.37. The number of fused-ring (bicyclic) bond motifs is 1. The standard InChI is InChI=1S/C10H8OS2/c1-6-8-2-3-13-10(8)7(5-11)4-9(6)12/h2-5,12H,1H3. The number of carbonyl (C=O) groups excluding carboxylic acids is 1. The highest BCUT2D eigenvalue weighted by atomic mass is 32.1. The second-order valence-electron chi connectivity index (χ2n) is 2.89. The number of benzene rings is 1. The highest BCUT2D eigenvalue weighted by molar-refractivity contribution is 7.80. The van der Waals surface area contributed by atoms with Crippen molar-refractivity contribution in [1.29, 1.82) is 0 Å². The van der Waals surface area contributed by atoms with Crippen molar-refractivity contribution in [3.05, 3.63) is 28.6 Å². The van der Waals surface area contributed by atoms with Crippen LogP contribution in [0.3, 0.4) is 0 Å². The number of aldehydes is 1. The van der Waals surface area contributed by atoms with E-state index < -0.39 is 0 Å². The van der Waals surface area contributed by atoms with Crippen LogP contribution in [0.4, 0.5) is 0 Å². The third-order valence-electron chi connectivity index (χ3n) is 2.13. The highest BCUT2D eigenvalue weighted by Gasteiger charge is 2.07. The molecule has 1 aromatic carbocycles. The molecule has 0 aliphatic heterocycles. The average Bonchev–Trinajstić information content (AvgIpc) is 2.60. The number of aryl methyl sites for hydroxylation is 1. The molecule has 0 fully saturated rings. The van der Waals surface area contributed by atoms with E-state index in [9.17, 15) is 4.79 Å². The first-order valence-electron chi connectivity index (χ1n) is 3.89. The number of rotatable bonds is 1. The maximum absolute atomic E-state index is 10.8. The van der Waals surface area contributed by atoms with Gasteiger partial charge in [0.1, 0.15) is 0 Å². The average molecular weight is 208 g/mol. The fraction of sp³-hybridized carbons (Fsp3) is 0.100. The van der Waals surface area contributed by atoms with Crippen LogP contribution in [0.1, 0.15) is 15.9 Å². The van der Waals surface area contributed by atoms with Gasteiger partial charge in [-0.3, -0.25) is 4.79 Å². The summed E-state index contributed by atoms with van der Waals surface area (Å²) >= 11 is 5.91. The third kappa shape index (κ3) is 1.28. The van der Waals surface area contributed by atoms with E-state index in [1.54, 1.807) is 11.3 Å². The van der Waals surface area contributed by atoms with E-state index in [1.807, 2.05) is 24.4 Å². The molecule has 1 aromatic heterocycles. The first-order valence-corrected chi connectivity index (χ1v) is 5.21. The Bertz CT molecular complexity index is 471. The molecule has 1 nitrogen and oxygen atoms in total. The first kappa shape index (κ1) is 8.78. The topological polar surface area (TPSA) is 17.1 Å². The summed E-state index contributed by atoms with van der Waals surface area (Å²) in [5.74, 6) is 0. The molecule has 1 heterocycles. The zero-order valence-electron chi connectivity index (χ0n) is 7.07. The van der Waals surface area contributed by atoms with Gasteiger partial charge in [-0.15, -0.1) is 24.0 Å². The summed E-state index contributed by atoms with van der Waals surface area (Å²) in [6.45, 7) is 2.02. The lowest BCUT2D eigenvalue weighted by atomic mass is 10.1. The van der Waals surface area contributed by atoms with Gasteiger partial charge in [0.15, 0.2) is 6.29 Å². The third-order valence-corrected chi connectivity index (χ3v) is 3.56. The van der Waals surface area contributed by atoms with E-state index in [0.29, 0.717) is 0 Å². The van der Waals surface area contributed by atoms with Gasteiger partial charge in [-0.05, 0) is 35.4 Å². The summed E-state index contributed by atoms with van der Waals surface area (Å²) in [5, 5.41) is 3.14. The number of carbonyl (C=O) groups is 1. The molecule has 13 heavy (non-hydrogen) atoms. The normalized spacial score (nSPS) is 10.6. The molecule has 0 saturated carbocycles. The van der Waals surface area contributed by atoms with Gasteiger partial charge >= 0.3 is 0 Å². The molecule has 2 rings (SSSR count). The predicted octanol–water partition coefficient (Wildman–Crippen LogP) is 3.31. The van der Waals surface area contributed by atoms with Crippen LogP contribution < -0.4 is 0 Å². The van der Waals surface area contributed by atoms with Crippen molar-refractivity contribution in [2.75, 3.05) is 0 Å². The Labute approximate surface area is 85.8 Å². The Morgan fingerprint density at radius 3 is 3.00 bits per heavy atom. The van der Waals surface area contributed by atoms with Crippen LogP contribution in [-0.4, -0.2) is 6.29 Å². The maximum atomic E-state index is 10.8. The second kappa shape index (κ2) is 3.16. The molecule has 3 heteroatoms. The van der Waals surface area contributed by atoms with Gasteiger partial charge < -0.3 is 0 Å². The van der Waals surface area contributed by atoms with Crippen LogP contribution >= 0.6 is 24.0 Å². The Morgan fingerprint density at radius 2 is 2.31 bits per heavy atom. The van der Waals surface area contributed by atoms with Gasteiger partial charge in [0.05, 0.1) is 0 Å². The van der Waals surface area contributed by atoms with E-state index >= 15 is 0 Å². The lowest BCUT2D eigenvalue weighted by Crippen LogP contribution is -1.84. The quantitative estimate of drug-likeness (QED) is 0.562. The van der Waals surface area contributed by atoms with E-state index in [4.69, 9.17) is 0 Å². The first-order chi connectivity index (χ1) is 6.24. The minimum atomic E-state index is 0.737. The number of thiol groups is 1. The van der Waals surface area contributed by atoms with Gasteiger partial charge in [-0.1, -0.05) is 0 Å². The second-order valence-corrected chi connectivity index (χ2v) is 4.29. The molecule has 0 unspecified atom stereocenters. The molecule has 0 atom stereocenters. The van der Waals surface area contributed by atoms with Crippen molar-refractivity contribution in [2.45, 2.75) is 11.8 Å². The lowest BCUT2D eigenvalue weighted by molar-refractivity contribution is 0.112. The van der Waals surface area contributed by atoms with Gasteiger partial charge in [0.2, 0.25) is 0 Å². The summed E-state index contributed by atoms with van der Waals surface area (Å²) in [6.07, 6.45) is 0.887. The van der Waals surface area contributed by atoms with Gasteiger partial charge in [0, 0.05) is 15.2 Å². The minimum absolute atomic E-state index is 0.737. The van der Waals surface area contributed by atoms with Gasteiger partial charge in [0.25, 0.3) is 0 Å². The van der Waals surface area contributed by atoms with E-state index in [2.05, 4.69) is 12.6 Å². The molecule has 0 bridgehead atoms. The summed E-state index contributed by atoms with van der Waals surface area (Å²) in [5.41, 5.74) is 1.88. The summed E-state index contributed by atoms with van der Waals surface area (Å²) < 4.78 is 1.06. The van der Waals surface area contributed by atoms with E-state index in [-0.39, 0.29) is 0 Å². The molecule has 0 spiro atoms. The molecular formula is C10H8OS2. The predicted molar refractivity (Wildman–Crippen MR) is 59.2 cm³/mol. The molecule has 0 aliphatic rings. The monoisotopic (exact) mass is 208 g/mol. The van der Waals surface area contributed by atoms with Crippen molar-refractivity contribution in [3.8, 4) is 0 Å². The molecule has 0 radical (unpaired) electrons. The van der Waals surface area contributed by atoms with E-state index in [0.717, 1.165) is 32.4 Å². The Kier molecular flexibility index (Phi) is 2.14. The highest BCUT2D eigenvalue weighted by Crippen LogP contribution is 2.30. The maximum Gasteiger partial charge on any atom is 0.151 e. The smallest absolute Gasteiger partial charge is 0.151 e. The Morgan fingerprint density at radius 1 is 1.54 bits per heavy atom. The number of thiophene rings is 1. The molecule has 0 N–H and O–H groups in total. The van der Waals surface area contributed by atoms with Crippen molar-refractivity contribution in [3.63, 3.8) is 0 Å². The van der Waals surface area contributed by atoms with Crippen LogP contribution in [0.15, 0.2) is 22.4 Å². The van der Waals surface area contributed by atoms with Crippen molar-refractivity contribution >= 4 is 40.3 Å². The van der Waals surface area contributed by atoms with Gasteiger partial charge in [-0.2, -0.15) is 0 Å². The zero-order chi connectivity index (χ0) is 9.42. The van der Waals surface area contributed by atoms with Crippen molar-refractivity contribution in [1.82, 2.24) is 0 Å². The molecule has 0 aliphatic carbocycles. The zero-order valence-corrected chi connectivity index (χ0v) is 8.78. The summed E-state index contributed by atoms with van der Waals surface area (Å²) in [4.78, 5) is 11.6. The fourth-order valence-corrected chi connectivity index (χ4v) is 2.57. The number of hydrogen-bond acceptors (Lipinski definition) is 3.